The quantitative estimate of drug-likeness (QED) is 0.128. The number of phosphoric ester groups is 1. The SMILES string of the molecule is CC(C)CCC[C@@H](C)[C@H]1CC[C@H]2[C@@H]3CC=C4C[C@@H](OC(=O)N[C@H](Cc5ccc(OP(=O)(O)O)cc5)C(=O)O)CCC4(C)[C@H]3CC[C@]12C. The van der Waals surface area contributed by atoms with Gasteiger partial charge in [-0.15, -0.1) is 0 Å². The van der Waals surface area contributed by atoms with E-state index in [1.807, 2.05) is 0 Å². The number of amides is 1. The summed E-state index contributed by atoms with van der Waals surface area (Å²) in [6.45, 7) is 12.3. The Hall–Kier alpha value is -2.35. The van der Waals surface area contributed by atoms with Gasteiger partial charge in [0, 0.05) is 12.8 Å². The normalized spacial score (nSPS) is 33.1. The molecule has 1 aromatic carbocycles. The molecule has 9 nitrogen and oxygen atoms in total. The van der Waals surface area contributed by atoms with Crippen molar-refractivity contribution in [2.24, 2.45) is 46.3 Å². The lowest BCUT2D eigenvalue weighted by Gasteiger charge is -2.58. The van der Waals surface area contributed by atoms with Crippen molar-refractivity contribution >= 4 is 19.9 Å². The van der Waals surface area contributed by atoms with Gasteiger partial charge in [0.2, 0.25) is 0 Å². The Balaban J connectivity index is 1.17. The van der Waals surface area contributed by atoms with Crippen molar-refractivity contribution in [3.05, 3.63) is 41.5 Å². The standard InChI is InChI=1S/C37H56NO8P/c1-23(2)7-6-8-24(3)30-15-16-31-29-14-11-26-22-28(17-19-36(26,4)32(29)18-20-37(30,31)5)45-35(41)38-33(34(39)40)21-25-9-12-27(13-10-25)46-47(42,43)44/h9-13,23-24,28-33H,6-8,14-22H2,1-5H3,(H,38,41)(H,39,40)(H2,42,43,44)/t24-,28+,29+,30-,31+,32+,33-,36?,37-/m1/s1. The fourth-order valence-electron chi connectivity index (χ4n) is 10.3. The van der Waals surface area contributed by atoms with Gasteiger partial charge in [-0.1, -0.05) is 77.7 Å². The van der Waals surface area contributed by atoms with Crippen LogP contribution in [0.2, 0.25) is 0 Å². The van der Waals surface area contributed by atoms with E-state index < -0.39 is 25.9 Å². The smallest absolute Gasteiger partial charge is 0.480 e. The molecule has 0 bridgehead atoms. The van der Waals surface area contributed by atoms with E-state index in [0.29, 0.717) is 23.3 Å². The van der Waals surface area contributed by atoms with E-state index in [1.54, 1.807) is 0 Å². The van der Waals surface area contributed by atoms with E-state index in [0.717, 1.165) is 48.9 Å². The molecule has 0 spiro atoms. The third kappa shape index (κ3) is 8.11. The molecule has 0 heterocycles. The number of carbonyl (C=O) groups is 2. The number of carboxylic acid groups (broad SMARTS) is 1. The van der Waals surface area contributed by atoms with Crippen molar-refractivity contribution in [3.63, 3.8) is 0 Å². The summed E-state index contributed by atoms with van der Waals surface area (Å²) >= 11 is 0. The topological polar surface area (TPSA) is 142 Å². The van der Waals surface area contributed by atoms with Crippen LogP contribution >= 0.6 is 7.82 Å². The number of phosphoric acid groups is 1. The molecule has 0 aliphatic heterocycles. The summed E-state index contributed by atoms with van der Waals surface area (Å²) in [5.74, 6) is 3.35. The Morgan fingerprint density at radius 2 is 1.72 bits per heavy atom. The summed E-state index contributed by atoms with van der Waals surface area (Å²) in [5, 5.41) is 12.3. The number of hydrogen-bond acceptors (Lipinski definition) is 5. The summed E-state index contributed by atoms with van der Waals surface area (Å²) in [5.41, 5.74) is 2.54. The molecule has 0 radical (unpaired) electrons. The molecule has 4 aliphatic carbocycles. The predicted octanol–water partition coefficient (Wildman–Crippen LogP) is 8.29. The zero-order valence-corrected chi connectivity index (χ0v) is 29.7. The average molecular weight is 674 g/mol. The van der Waals surface area contributed by atoms with Gasteiger partial charge in [-0.25, -0.2) is 14.2 Å². The van der Waals surface area contributed by atoms with Crippen LogP contribution in [0.1, 0.15) is 111 Å². The van der Waals surface area contributed by atoms with Crippen LogP contribution in [0.4, 0.5) is 4.79 Å². The van der Waals surface area contributed by atoms with Crippen molar-refractivity contribution < 1.29 is 38.3 Å². The van der Waals surface area contributed by atoms with Crippen LogP contribution < -0.4 is 9.84 Å². The van der Waals surface area contributed by atoms with Crippen LogP contribution in [0.25, 0.3) is 0 Å². The number of aliphatic carboxylic acids is 1. The van der Waals surface area contributed by atoms with Crippen molar-refractivity contribution in [1.29, 1.82) is 0 Å². The van der Waals surface area contributed by atoms with Gasteiger partial charge in [0.15, 0.2) is 0 Å². The molecule has 9 atom stereocenters. The third-order valence-corrected chi connectivity index (χ3v) is 13.2. The third-order valence-electron chi connectivity index (χ3n) is 12.7. The first-order valence-corrected chi connectivity index (χ1v) is 19.4. The molecule has 0 aromatic heterocycles. The molecule has 4 N–H and O–H groups in total. The highest BCUT2D eigenvalue weighted by Gasteiger charge is 2.59. The van der Waals surface area contributed by atoms with E-state index in [2.05, 4.69) is 50.5 Å². The fraction of sp³-hybridized carbons (Fsp3) is 0.730. The van der Waals surface area contributed by atoms with Gasteiger partial charge in [-0.05, 0) is 109 Å². The van der Waals surface area contributed by atoms with Crippen molar-refractivity contribution in [2.75, 3.05) is 0 Å². The van der Waals surface area contributed by atoms with Gasteiger partial charge < -0.3 is 19.7 Å². The summed E-state index contributed by atoms with van der Waals surface area (Å²) in [6.07, 6.45) is 14.3. The molecule has 5 rings (SSSR count). The van der Waals surface area contributed by atoms with Crippen LogP contribution in [0, 0.1) is 46.3 Å². The van der Waals surface area contributed by atoms with Crippen LogP contribution in [-0.4, -0.2) is 39.1 Å². The second kappa shape index (κ2) is 14.2. The summed E-state index contributed by atoms with van der Waals surface area (Å²) in [6, 6.07) is 4.49. The maximum Gasteiger partial charge on any atom is 0.524 e. The highest BCUT2D eigenvalue weighted by Crippen LogP contribution is 2.67. The van der Waals surface area contributed by atoms with Crippen LogP contribution in [0.5, 0.6) is 5.75 Å². The van der Waals surface area contributed by atoms with Gasteiger partial charge in [-0.3, -0.25) is 9.79 Å². The lowest BCUT2D eigenvalue weighted by Crippen LogP contribution is -2.51. The van der Waals surface area contributed by atoms with Gasteiger partial charge in [0.05, 0.1) is 0 Å². The number of nitrogens with one attached hydrogen (secondary N) is 1. The number of carboxylic acids is 1. The Morgan fingerprint density at radius 1 is 1.00 bits per heavy atom. The second-order valence-electron chi connectivity index (χ2n) is 16.0. The predicted molar refractivity (Wildman–Crippen MR) is 181 cm³/mol. The van der Waals surface area contributed by atoms with E-state index in [-0.39, 0.29) is 23.7 Å². The zero-order chi connectivity index (χ0) is 34.1. The second-order valence-corrected chi connectivity index (χ2v) is 17.2. The lowest BCUT2D eigenvalue weighted by molar-refractivity contribution is -0.139. The number of ether oxygens (including phenoxy) is 1. The van der Waals surface area contributed by atoms with E-state index in [1.165, 1.54) is 74.8 Å². The molecule has 10 heteroatoms. The van der Waals surface area contributed by atoms with Crippen LogP contribution in [0.15, 0.2) is 35.9 Å². The van der Waals surface area contributed by atoms with E-state index >= 15 is 0 Å². The number of rotatable bonds is 12. The van der Waals surface area contributed by atoms with Crippen LogP contribution in [-0.2, 0) is 20.5 Å². The highest BCUT2D eigenvalue weighted by molar-refractivity contribution is 7.46. The number of carbonyl (C=O) groups excluding carboxylic acids is 1. The van der Waals surface area contributed by atoms with Gasteiger partial charge in [0.25, 0.3) is 0 Å². The monoisotopic (exact) mass is 673 g/mol. The molecule has 0 saturated heterocycles. The Bertz CT molecular complexity index is 1360. The molecule has 3 fully saturated rings. The molecule has 262 valence electrons. The highest BCUT2D eigenvalue weighted by atomic mass is 31.2. The number of alkyl carbamates (subject to hydrolysis) is 1. The minimum atomic E-state index is -4.69. The largest absolute Gasteiger partial charge is 0.524 e. The van der Waals surface area contributed by atoms with Crippen molar-refractivity contribution in [2.45, 2.75) is 124 Å². The Kier molecular flexibility index (Phi) is 10.9. The van der Waals surface area contributed by atoms with E-state index in [4.69, 9.17) is 14.5 Å². The number of allylic oxidation sites excluding steroid dienone is 1. The number of fused-ring (bicyclic) bond motifs is 5. The molecule has 1 amide bonds. The molecule has 47 heavy (non-hydrogen) atoms. The Morgan fingerprint density at radius 3 is 2.38 bits per heavy atom. The minimum absolute atomic E-state index is 0.0186. The number of hydrogen-bond donors (Lipinski definition) is 4. The maximum atomic E-state index is 12.9. The van der Waals surface area contributed by atoms with Crippen molar-refractivity contribution in [1.82, 2.24) is 5.32 Å². The first-order valence-electron chi connectivity index (χ1n) is 17.8. The minimum Gasteiger partial charge on any atom is -0.480 e. The molecule has 1 unspecified atom stereocenters. The first kappa shape index (κ1) is 35.9. The molecule has 1 aromatic rings. The first-order chi connectivity index (χ1) is 22.1. The van der Waals surface area contributed by atoms with E-state index in [9.17, 15) is 19.3 Å². The van der Waals surface area contributed by atoms with Gasteiger partial charge in [0.1, 0.15) is 17.9 Å². The summed E-state index contributed by atoms with van der Waals surface area (Å²) in [4.78, 5) is 42.8. The summed E-state index contributed by atoms with van der Waals surface area (Å²) in [7, 11) is -4.69. The lowest BCUT2D eigenvalue weighted by atomic mass is 9.47. The van der Waals surface area contributed by atoms with Gasteiger partial charge >= 0.3 is 19.9 Å². The molecular formula is C37H56NO8P. The average Bonchev–Trinajstić information content (AvgIpc) is 3.34. The maximum absolute atomic E-state index is 12.9. The molecular weight excluding hydrogens is 617 g/mol. The molecule has 4 aliphatic rings. The van der Waals surface area contributed by atoms with Crippen molar-refractivity contribution in [3.8, 4) is 5.75 Å². The molecule has 3 saturated carbocycles. The fourth-order valence-corrected chi connectivity index (χ4v) is 10.7. The number of benzene rings is 1. The Labute approximate surface area is 280 Å². The van der Waals surface area contributed by atoms with Crippen LogP contribution in [0.3, 0.4) is 0 Å². The summed E-state index contributed by atoms with van der Waals surface area (Å²) < 4.78 is 21.4. The zero-order valence-electron chi connectivity index (χ0n) is 28.8. The van der Waals surface area contributed by atoms with Gasteiger partial charge in [-0.2, -0.15) is 0 Å².